The van der Waals surface area contributed by atoms with E-state index in [4.69, 9.17) is 22.1 Å². The van der Waals surface area contributed by atoms with Crippen LogP contribution in [0.15, 0.2) is 17.0 Å². The molecule has 1 aromatic rings. The van der Waals surface area contributed by atoms with E-state index in [1.807, 2.05) is 6.07 Å². The van der Waals surface area contributed by atoms with Crippen LogP contribution in [0.4, 0.5) is 5.69 Å². The molecule has 1 heterocycles. The Labute approximate surface area is 109 Å². The van der Waals surface area contributed by atoms with E-state index in [0.29, 0.717) is 11.6 Å². The van der Waals surface area contributed by atoms with Crippen LogP contribution in [0.3, 0.4) is 0 Å². The number of carbonyl (C=O) groups excluding carboxylic acids is 1. The van der Waals surface area contributed by atoms with Crippen LogP contribution in [-0.2, 0) is 9.53 Å². The molecule has 0 saturated heterocycles. The summed E-state index contributed by atoms with van der Waals surface area (Å²) >= 11 is 7.73. The molecule has 1 unspecified atom stereocenters. The van der Waals surface area contributed by atoms with E-state index in [2.05, 4.69) is 5.32 Å². The Bertz CT molecular complexity index is 453. The van der Waals surface area contributed by atoms with Gasteiger partial charge in [0, 0.05) is 29.0 Å². The van der Waals surface area contributed by atoms with E-state index in [9.17, 15) is 4.79 Å². The van der Waals surface area contributed by atoms with Gasteiger partial charge >= 0.3 is 0 Å². The molecule has 1 aliphatic rings. The molecule has 0 bridgehead atoms. The molecule has 0 spiro atoms. The lowest BCUT2D eigenvalue weighted by atomic mass is 10.1. The number of nitrogens with one attached hydrogen (secondary N) is 1. The Morgan fingerprint density at radius 3 is 3.06 bits per heavy atom. The molecule has 1 aromatic carbocycles. The number of rotatable bonds is 4. The van der Waals surface area contributed by atoms with Crippen LogP contribution in [0.5, 0.6) is 0 Å². The number of anilines is 1. The summed E-state index contributed by atoms with van der Waals surface area (Å²) in [6.45, 7) is 0.657. The fourth-order valence-corrected chi connectivity index (χ4v) is 2.84. The monoisotopic (exact) mass is 272 g/mol. The highest BCUT2D eigenvalue weighted by atomic mass is 35.5. The van der Waals surface area contributed by atoms with Crippen molar-refractivity contribution in [3.8, 4) is 0 Å². The summed E-state index contributed by atoms with van der Waals surface area (Å²) in [5.74, 6) is 0.629. The smallest absolute Gasteiger partial charge is 0.245 e. The van der Waals surface area contributed by atoms with Crippen LogP contribution in [0.25, 0.3) is 0 Å². The van der Waals surface area contributed by atoms with Gasteiger partial charge in [-0.2, -0.15) is 0 Å². The van der Waals surface area contributed by atoms with Crippen LogP contribution < -0.4 is 11.1 Å². The second-order valence-electron chi connectivity index (χ2n) is 3.68. The third-order valence-electron chi connectivity index (χ3n) is 2.52. The first-order chi connectivity index (χ1) is 8.13. The fraction of sp³-hybridized carbons (Fsp3) is 0.364. The van der Waals surface area contributed by atoms with Gasteiger partial charge in [0.25, 0.3) is 0 Å². The molecule has 2 rings (SSSR count). The second kappa shape index (κ2) is 5.27. The summed E-state index contributed by atoms with van der Waals surface area (Å²) in [5, 5.41) is 3.36. The molecule has 92 valence electrons. The minimum absolute atomic E-state index is 0.185. The summed E-state index contributed by atoms with van der Waals surface area (Å²) in [5.41, 5.74) is 7.25. The third kappa shape index (κ3) is 2.57. The van der Waals surface area contributed by atoms with Crippen LogP contribution >= 0.6 is 23.4 Å². The number of hydrogen-bond donors (Lipinski definition) is 2. The van der Waals surface area contributed by atoms with Gasteiger partial charge < -0.3 is 15.8 Å². The maximum atomic E-state index is 11.4. The molecule has 1 atom stereocenters. The van der Waals surface area contributed by atoms with Crippen LogP contribution in [0.2, 0.25) is 5.02 Å². The van der Waals surface area contributed by atoms with Crippen molar-refractivity contribution in [3.05, 3.63) is 22.7 Å². The van der Waals surface area contributed by atoms with Crippen molar-refractivity contribution in [1.29, 1.82) is 0 Å². The van der Waals surface area contributed by atoms with Crippen molar-refractivity contribution in [3.63, 3.8) is 0 Å². The molecule has 0 aliphatic carbocycles. The van der Waals surface area contributed by atoms with Crippen LogP contribution in [0.1, 0.15) is 11.6 Å². The summed E-state index contributed by atoms with van der Waals surface area (Å²) in [4.78, 5) is 12.3. The number of fused-ring (bicyclic) bond motifs is 1. The fourth-order valence-electron chi connectivity index (χ4n) is 1.63. The molecular weight excluding hydrogens is 260 g/mol. The Kier molecular flexibility index (Phi) is 3.93. The average molecular weight is 273 g/mol. The molecule has 0 radical (unpaired) electrons. The zero-order chi connectivity index (χ0) is 12.4. The summed E-state index contributed by atoms with van der Waals surface area (Å²) in [6, 6.07) is 3.01. The van der Waals surface area contributed by atoms with Crippen molar-refractivity contribution in [2.24, 2.45) is 5.73 Å². The maximum Gasteiger partial charge on any atom is 0.245 e. The number of halogens is 1. The quantitative estimate of drug-likeness (QED) is 0.650. The molecule has 6 heteroatoms. The van der Waals surface area contributed by atoms with Crippen molar-refractivity contribution < 1.29 is 9.53 Å². The third-order valence-corrected chi connectivity index (χ3v) is 3.97. The van der Waals surface area contributed by atoms with E-state index < -0.39 is 6.04 Å². The predicted molar refractivity (Wildman–Crippen MR) is 69.6 cm³/mol. The first-order valence-electron chi connectivity index (χ1n) is 5.15. The van der Waals surface area contributed by atoms with Crippen LogP contribution in [-0.4, -0.2) is 25.4 Å². The Hall–Kier alpha value is -0.750. The number of hydrogen-bond acceptors (Lipinski definition) is 4. The summed E-state index contributed by atoms with van der Waals surface area (Å²) < 4.78 is 4.98. The van der Waals surface area contributed by atoms with Gasteiger partial charge in [-0.1, -0.05) is 11.6 Å². The molecule has 0 aromatic heterocycles. The molecule has 1 amide bonds. The molecule has 4 nitrogen and oxygen atoms in total. The van der Waals surface area contributed by atoms with Gasteiger partial charge in [0.2, 0.25) is 5.91 Å². The van der Waals surface area contributed by atoms with E-state index in [1.165, 1.54) is 0 Å². The lowest BCUT2D eigenvalue weighted by molar-refractivity contribution is -0.116. The number of nitrogens with two attached hydrogens (primary N) is 1. The van der Waals surface area contributed by atoms with Gasteiger partial charge in [0.15, 0.2) is 0 Å². The lowest BCUT2D eigenvalue weighted by Crippen LogP contribution is -2.19. The van der Waals surface area contributed by atoms with Crippen molar-refractivity contribution >= 4 is 35.0 Å². The van der Waals surface area contributed by atoms with E-state index >= 15 is 0 Å². The van der Waals surface area contributed by atoms with Crippen LogP contribution in [0, 0.1) is 0 Å². The van der Waals surface area contributed by atoms with Crippen molar-refractivity contribution in [2.75, 3.05) is 24.8 Å². The normalized spacial score (nSPS) is 18.1. The van der Waals surface area contributed by atoms with Gasteiger partial charge in [-0.3, -0.25) is 4.79 Å². The summed E-state index contributed by atoms with van der Waals surface area (Å²) in [6.07, 6.45) is 0. The first kappa shape index (κ1) is 12.7. The molecule has 1 aliphatic heterocycles. The highest BCUT2D eigenvalue weighted by molar-refractivity contribution is 7.99. The van der Waals surface area contributed by atoms with E-state index in [-0.39, 0.29) is 5.91 Å². The minimum atomic E-state index is -0.611. The molecule has 0 saturated carbocycles. The molecular formula is C11H13ClN2O2S. The maximum absolute atomic E-state index is 11.4. The van der Waals surface area contributed by atoms with Gasteiger partial charge in [-0.05, 0) is 12.1 Å². The first-order valence-corrected chi connectivity index (χ1v) is 6.51. The van der Waals surface area contributed by atoms with Gasteiger partial charge in [0.1, 0.15) is 6.04 Å². The second-order valence-corrected chi connectivity index (χ2v) is 5.22. The van der Waals surface area contributed by atoms with E-state index in [0.717, 1.165) is 21.9 Å². The number of ether oxygens (including phenoxy) is 1. The lowest BCUT2D eigenvalue weighted by Gasteiger charge is -2.07. The minimum Gasteiger partial charge on any atom is -0.384 e. The zero-order valence-corrected chi connectivity index (χ0v) is 10.9. The Balaban J connectivity index is 2.21. The molecule has 3 N–H and O–H groups in total. The van der Waals surface area contributed by atoms with Gasteiger partial charge in [-0.15, -0.1) is 11.8 Å². The zero-order valence-electron chi connectivity index (χ0n) is 9.33. The average Bonchev–Trinajstić information content (AvgIpc) is 2.56. The number of amides is 1. The highest BCUT2D eigenvalue weighted by Gasteiger charge is 2.28. The number of methoxy groups -OCH3 is 1. The standard InChI is InChI=1S/C11H13ClN2O2S/c1-16-2-3-17-9-5-8-6(4-7(9)12)10(13)11(15)14-8/h4-5,10H,2-3,13H2,1H3,(H,14,15). The van der Waals surface area contributed by atoms with Gasteiger partial charge in [0.05, 0.1) is 11.6 Å². The highest BCUT2D eigenvalue weighted by Crippen LogP contribution is 2.37. The predicted octanol–water partition coefficient (Wildman–Crippen LogP) is 2.03. The Morgan fingerprint density at radius 1 is 1.59 bits per heavy atom. The van der Waals surface area contributed by atoms with E-state index in [1.54, 1.807) is 24.9 Å². The molecule has 0 fully saturated rings. The number of thioether (sulfide) groups is 1. The largest absolute Gasteiger partial charge is 0.384 e. The topological polar surface area (TPSA) is 64.3 Å². The summed E-state index contributed by atoms with van der Waals surface area (Å²) in [7, 11) is 1.66. The molecule has 17 heavy (non-hydrogen) atoms. The van der Waals surface area contributed by atoms with Crippen molar-refractivity contribution in [2.45, 2.75) is 10.9 Å². The Morgan fingerprint density at radius 2 is 2.35 bits per heavy atom. The SMILES string of the molecule is COCCSc1cc2c(cc1Cl)C(N)C(=O)N2. The van der Waals surface area contributed by atoms with Crippen molar-refractivity contribution in [1.82, 2.24) is 0 Å². The van der Waals surface area contributed by atoms with Gasteiger partial charge in [-0.25, -0.2) is 0 Å². The number of benzene rings is 1. The number of carbonyl (C=O) groups is 1.